The summed E-state index contributed by atoms with van der Waals surface area (Å²) in [6.45, 7) is 4.03. The number of rotatable bonds is 2. The third-order valence-corrected chi connectivity index (χ3v) is 3.63. The minimum atomic E-state index is -0.688. The third-order valence-electron chi connectivity index (χ3n) is 3.63. The summed E-state index contributed by atoms with van der Waals surface area (Å²) in [6, 6.07) is 8.78. The molecule has 0 bridgehead atoms. The second-order valence-electron chi connectivity index (χ2n) is 4.94. The summed E-state index contributed by atoms with van der Waals surface area (Å²) in [4.78, 5) is 11.0. The predicted molar refractivity (Wildman–Crippen MR) is 66.9 cm³/mol. The zero-order valence-electron chi connectivity index (χ0n) is 10.3. The monoisotopic (exact) mass is 233 g/mol. The molecule has 92 valence electrons. The third kappa shape index (κ3) is 2.67. The van der Waals surface area contributed by atoms with E-state index in [0.29, 0.717) is 6.04 Å². The molecule has 0 radical (unpaired) electrons. The highest BCUT2D eigenvalue weighted by Gasteiger charge is 2.31. The lowest BCUT2D eigenvalue weighted by Gasteiger charge is -2.33. The van der Waals surface area contributed by atoms with Gasteiger partial charge in [-0.25, -0.2) is 0 Å². The molecule has 2 N–H and O–H groups in total. The number of aryl methyl sites for hydroxylation is 1. The second-order valence-corrected chi connectivity index (χ2v) is 4.94. The highest BCUT2D eigenvalue weighted by atomic mass is 16.4. The van der Waals surface area contributed by atoms with Crippen LogP contribution < -0.4 is 5.32 Å². The molecule has 3 nitrogen and oxygen atoms in total. The molecule has 17 heavy (non-hydrogen) atoms. The molecule has 3 heteroatoms. The van der Waals surface area contributed by atoms with Gasteiger partial charge in [0.25, 0.3) is 0 Å². The van der Waals surface area contributed by atoms with Gasteiger partial charge in [-0.15, -0.1) is 0 Å². The maximum Gasteiger partial charge on any atom is 0.308 e. The number of aliphatic carboxylic acids is 1. The smallest absolute Gasteiger partial charge is 0.308 e. The number of hydrogen-bond acceptors (Lipinski definition) is 2. The Morgan fingerprint density at radius 1 is 1.29 bits per heavy atom. The van der Waals surface area contributed by atoms with Crippen molar-refractivity contribution in [2.24, 2.45) is 5.92 Å². The van der Waals surface area contributed by atoms with Crippen molar-refractivity contribution in [2.75, 3.05) is 0 Å². The zero-order valence-corrected chi connectivity index (χ0v) is 10.3. The number of piperidine rings is 1. The molecule has 3 atom stereocenters. The first kappa shape index (κ1) is 12.1. The quantitative estimate of drug-likeness (QED) is 0.825. The number of carboxylic acid groups (broad SMARTS) is 1. The van der Waals surface area contributed by atoms with Gasteiger partial charge in [0.2, 0.25) is 0 Å². The molecule has 1 aliphatic heterocycles. The van der Waals surface area contributed by atoms with Crippen LogP contribution in [0.4, 0.5) is 0 Å². The van der Waals surface area contributed by atoms with E-state index in [2.05, 4.69) is 36.5 Å². The van der Waals surface area contributed by atoms with Crippen LogP contribution in [-0.4, -0.2) is 17.1 Å². The maximum atomic E-state index is 11.0. The van der Waals surface area contributed by atoms with E-state index in [0.717, 1.165) is 12.8 Å². The van der Waals surface area contributed by atoms with Gasteiger partial charge in [-0.1, -0.05) is 29.8 Å². The first-order chi connectivity index (χ1) is 8.08. The average Bonchev–Trinajstić information content (AvgIpc) is 2.29. The van der Waals surface area contributed by atoms with Crippen molar-refractivity contribution in [3.8, 4) is 0 Å². The lowest BCUT2D eigenvalue weighted by atomic mass is 9.86. The normalized spacial score (nSPS) is 28.9. The summed E-state index contributed by atoms with van der Waals surface area (Å²) in [5, 5.41) is 12.5. The lowest BCUT2D eigenvalue weighted by Crippen LogP contribution is -2.44. The van der Waals surface area contributed by atoms with E-state index in [9.17, 15) is 4.79 Å². The van der Waals surface area contributed by atoms with Crippen molar-refractivity contribution in [1.29, 1.82) is 0 Å². The molecular formula is C14H19NO2. The summed E-state index contributed by atoms with van der Waals surface area (Å²) < 4.78 is 0. The summed E-state index contributed by atoms with van der Waals surface area (Å²) in [6.07, 6.45) is 1.65. The predicted octanol–water partition coefficient (Wildman–Crippen LogP) is 2.51. The SMILES string of the molecule is Cc1ccc(C2CCC(C(=O)O)C(C)N2)cc1. The van der Waals surface area contributed by atoms with Crippen molar-refractivity contribution in [2.45, 2.75) is 38.8 Å². The Morgan fingerprint density at radius 3 is 2.47 bits per heavy atom. The van der Waals surface area contributed by atoms with E-state index in [1.54, 1.807) is 0 Å². The number of hydrogen-bond donors (Lipinski definition) is 2. The standard InChI is InChI=1S/C14H19NO2/c1-9-3-5-11(6-4-9)13-8-7-12(14(16)17)10(2)15-13/h3-6,10,12-13,15H,7-8H2,1-2H3,(H,16,17). The van der Waals surface area contributed by atoms with Crippen molar-refractivity contribution in [1.82, 2.24) is 5.32 Å². The van der Waals surface area contributed by atoms with Gasteiger partial charge < -0.3 is 10.4 Å². The summed E-state index contributed by atoms with van der Waals surface area (Å²) in [5.41, 5.74) is 2.51. The van der Waals surface area contributed by atoms with Crippen LogP contribution in [0.15, 0.2) is 24.3 Å². The van der Waals surface area contributed by atoms with E-state index in [1.165, 1.54) is 11.1 Å². The van der Waals surface area contributed by atoms with Gasteiger partial charge >= 0.3 is 5.97 Å². The highest BCUT2D eigenvalue weighted by molar-refractivity contribution is 5.71. The molecular weight excluding hydrogens is 214 g/mol. The largest absolute Gasteiger partial charge is 0.481 e. The molecule has 0 saturated carbocycles. The first-order valence-corrected chi connectivity index (χ1v) is 6.13. The minimum absolute atomic E-state index is 0.0348. The molecule has 1 fully saturated rings. The van der Waals surface area contributed by atoms with Gasteiger partial charge in [0.1, 0.15) is 0 Å². The summed E-state index contributed by atoms with van der Waals surface area (Å²) in [7, 11) is 0. The molecule has 1 heterocycles. The van der Waals surface area contributed by atoms with Gasteiger partial charge in [-0.2, -0.15) is 0 Å². The number of benzene rings is 1. The molecule has 1 aliphatic rings. The molecule has 2 rings (SSSR count). The Bertz CT molecular complexity index is 399. The van der Waals surface area contributed by atoms with E-state index in [-0.39, 0.29) is 12.0 Å². The van der Waals surface area contributed by atoms with Crippen LogP contribution in [0.2, 0.25) is 0 Å². The van der Waals surface area contributed by atoms with E-state index in [1.807, 2.05) is 6.92 Å². The molecule has 1 aromatic rings. The van der Waals surface area contributed by atoms with E-state index >= 15 is 0 Å². The van der Waals surface area contributed by atoms with Crippen LogP contribution >= 0.6 is 0 Å². The fourth-order valence-electron chi connectivity index (χ4n) is 2.51. The van der Waals surface area contributed by atoms with E-state index in [4.69, 9.17) is 5.11 Å². The van der Waals surface area contributed by atoms with Gasteiger partial charge in [0.15, 0.2) is 0 Å². The van der Waals surface area contributed by atoms with Crippen molar-refractivity contribution in [3.63, 3.8) is 0 Å². The number of carbonyl (C=O) groups is 1. The number of nitrogens with one attached hydrogen (secondary N) is 1. The Balaban J connectivity index is 2.06. The zero-order chi connectivity index (χ0) is 12.4. The van der Waals surface area contributed by atoms with Crippen molar-refractivity contribution < 1.29 is 9.90 Å². The number of carboxylic acids is 1. The first-order valence-electron chi connectivity index (χ1n) is 6.13. The Kier molecular flexibility index (Phi) is 3.48. The summed E-state index contributed by atoms with van der Waals surface area (Å²) in [5.74, 6) is -0.941. The average molecular weight is 233 g/mol. The Morgan fingerprint density at radius 2 is 1.94 bits per heavy atom. The van der Waals surface area contributed by atoms with Crippen LogP contribution in [0.1, 0.15) is 36.9 Å². The molecule has 1 saturated heterocycles. The second kappa shape index (κ2) is 4.88. The molecule has 0 spiro atoms. The molecule has 0 aliphatic carbocycles. The van der Waals surface area contributed by atoms with E-state index < -0.39 is 5.97 Å². The minimum Gasteiger partial charge on any atom is -0.481 e. The van der Waals surface area contributed by atoms with Crippen LogP contribution in [-0.2, 0) is 4.79 Å². The fourth-order valence-corrected chi connectivity index (χ4v) is 2.51. The van der Waals surface area contributed by atoms with Crippen LogP contribution in [0.25, 0.3) is 0 Å². The Hall–Kier alpha value is -1.35. The van der Waals surface area contributed by atoms with Crippen LogP contribution in [0.3, 0.4) is 0 Å². The maximum absolute atomic E-state index is 11.0. The molecule has 3 unspecified atom stereocenters. The van der Waals surface area contributed by atoms with Crippen LogP contribution in [0.5, 0.6) is 0 Å². The van der Waals surface area contributed by atoms with Gasteiger partial charge in [-0.3, -0.25) is 4.79 Å². The van der Waals surface area contributed by atoms with Gasteiger partial charge in [0.05, 0.1) is 5.92 Å². The van der Waals surface area contributed by atoms with Gasteiger partial charge in [0, 0.05) is 12.1 Å². The summed E-state index contributed by atoms with van der Waals surface area (Å²) >= 11 is 0. The van der Waals surface area contributed by atoms with Gasteiger partial charge in [-0.05, 0) is 32.3 Å². The Labute approximate surface area is 102 Å². The fraction of sp³-hybridized carbons (Fsp3) is 0.500. The molecule has 1 aromatic carbocycles. The topological polar surface area (TPSA) is 49.3 Å². The lowest BCUT2D eigenvalue weighted by molar-refractivity contribution is -0.143. The molecule has 0 aromatic heterocycles. The highest BCUT2D eigenvalue weighted by Crippen LogP contribution is 2.29. The van der Waals surface area contributed by atoms with Crippen LogP contribution in [0, 0.1) is 12.8 Å². The van der Waals surface area contributed by atoms with Crippen molar-refractivity contribution in [3.05, 3.63) is 35.4 Å². The van der Waals surface area contributed by atoms with Crippen molar-refractivity contribution >= 4 is 5.97 Å². The molecule has 0 amide bonds.